The van der Waals surface area contributed by atoms with E-state index in [1.807, 2.05) is 0 Å². The van der Waals surface area contributed by atoms with Gasteiger partial charge in [-0.2, -0.15) is 13.2 Å². The Morgan fingerprint density at radius 2 is 1.77 bits per heavy atom. The summed E-state index contributed by atoms with van der Waals surface area (Å²) in [4.78, 5) is 7.19. The van der Waals surface area contributed by atoms with E-state index < -0.39 is 28.8 Å². The van der Waals surface area contributed by atoms with E-state index in [-0.39, 0.29) is 29.0 Å². The SMILES string of the molecule is CC(F)(F)c1cc(N(N)/C=C(\N)COc2ncc(C(C)(O)C(F)(F)F)cn2)ccc1Cl. The number of aromatic nitrogens is 2. The standard InChI is InChI=1S/C18H19ClF5N5O2/c1-16(30,18(22,23)24)10-6-27-15(28-7-10)31-9-11(25)8-29(26)12-3-4-14(19)13(5-12)17(2,20)21/h3-8,30H,9,25-26H2,1-2H3/b11-8-. The second-order valence-electron chi connectivity index (χ2n) is 6.78. The van der Waals surface area contributed by atoms with Crippen molar-refractivity contribution in [2.75, 3.05) is 11.6 Å². The number of halogens is 6. The molecular weight excluding hydrogens is 449 g/mol. The molecule has 0 aliphatic heterocycles. The van der Waals surface area contributed by atoms with Crippen molar-refractivity contribution in [3.05, 3.63) is 58.6 Å². The molecule has 0 saturated heterocycles. The molecule has 1 aromatic carbocycles. The van der Waals surface area contributed by atoms with Gasteiger partial charge in [0.1, 0.15) is 6.61 Å². The fourth-order valence-corrected chi connectivity index (χ4v) is 2.54. The predicted molar refractivity (Wildman–Crippen MR) is 103 cm³/mol. The zero-order chi connectivity index (χ0) is 23.6. The highest BCUT2D eigenvalue weighted by atomic mass is 35.5. The number of nitrogens with zero attached hydrogens (tertiary/aromatic N) is 3. The molecular formula is C18H19ClF5N5O2. The van der Waals surface area contributed by atoms with Crippen molar-refractivity contribution in [2.45, 2.75) is 31.5 Å². The summed E-state index contributed by atoms with van der Waals surface area (Å²) < 4.78 is 70.8. The highest BCUT2D eigenvalue weighted by molar-refractivity contribution is 6.31. The van der Waals surface area contributed by atoms with Gasteiger partial charge >= 0.3 is 12.2 Å². The molecule has 7 nitrogen and oxygen atoms in total. The summed E-state index contributed by atoms with van der Waals surface area (Å²) in [6, 6.07) is 3.45. The van der Waals surface area contributed by atoms with Gasteiger partial charge < -0.3 is 15.6 Å². The van der Waals surface area contributed by atoms with Gasteiger partial charge in [0.25, 0.3) is 5.92 Å². The third kappa shape index (κ3) is 5.93. The van der Waals surface area contributed by atoms with Gasteiger partial charge in [-0.05, 0) is 25.1 Å². The maximum absolute atomic E-state index is 13.6. The number of aliphatic hydroxyl groups is 1. The van der Waals surface area contributed by atoms with Crippen molar-refractivity contribution in [1.82, 2.24) is 9.97 Å². The quantitative estimate of drug-likeness (QED) is 0.324. The summed E-state index contributed by atoms with van der Waals surface area (Å²) in [6.07, 6.45) is -2.19. The Labute approximate surface area is 179 Å². The van der Waals surface area contributed by atoms with Crippen LogP contribution in [-0.2, 0) is 11.5 Å². The first-order chi connectivity index (χ1) is 14.1. The average Bonchev–Trinajstić information content (AvgIpc) is 2.65. The summed E-state index contributed by atoms with van der Waals surface area (Å²) in [7, 11) is 0. The fourth-order valence-electron chi connectivity index (χ4n) is 2.25. The van der Waals surface area contributed by atoms with E-state index in [4.69, 9.17) is 27.9 Å². The lowest BCUT2D eigenvalue weighted by molar-refractivity contribution is -0.259. The lowest BCUT2D eigenvalue weighted by Gasteiger charge is -2.25. The Bertz CT molecular complexity index is 946. The first kappa shape index (κ1) is 24.6. The molecule has 2 aromatic rings. The van der Waals surface area contributed by atoms with E-state index in [9.17, 15) is 27.1 Å². The van der Waals surface area contributed by atoms with Gasteiger partial charge in [-0.15, -0.1) is 0 Å². The molecule has 1 aromatic heterocycles. The number of nitrogens with two attached hydrogens (primary N) is 2. The molecule has 1 atom stereocenters. The molecule has 0 saturated carbocycles. The molecule has 0 spiro atoms. The molecule has 1 unspecified atom stereocenters. The minimum Gasteiger partial charge on any atom is -0.457 e. The smallest absolute Gasteiger partial charge is 0.421 e. The van der Waals surface area contributed by atoms with Crippen LogP contribution < -0.4 is 21.3 Å². The van der Waals surface area contributed by atoms with Crippen LogP contribution in [0.2, 0.25) is 5.02 Å². The van der Waals surface area contributed by atoms with Crippen molar-refractivity contribution in [3.63, 3.8) is 0 Å². The summed E-state index contributed by atoms with van der Waals surface area (Å²) in [6.45, 7) is 0.947. The number of ether oxygens (including phenoxy) is 1. The van der Waals surface area contributed by atoms with Crippen molar-refractivity contribution in [2.24, 2.45) is 11.6 Å². The average molecular weight is 468 g/mol. The Morgan fingerprint density at radius 1 is 1.19 bits per heavy atom. The number of alkyl halides is 5. The zero-order valence-corrected chi connectivity index (χ0v) is 17.0. The van der Waals surface area contributed by atoms with Crippen molar-refractivity contribution in [3.8, 4) is 6.01 Å². The molecule has 5 N–H and O–H groups in total. The molecule has 31 heavy (non-hydrogen) atoms. The molecule has 1 heterocycles. The summed E-state index contributed by atoms with van der Waals surface area (Å²) in [5.74, 6) is 2.62. The van der Waals surface area contributed by atoms with Gasteiger partial charge in [-0.1, -0.05) is 11.6 Å². The molecule has 2 rings (SSSR count). The predicted octanol–water partition coefficient (Wildman–Crippen LogP) is 3.57. The van der Waals surface area contributed by atoms with E-state index in [2.05, 4.69) is 9.97 Å². The summed E-state index contributed by atoms with van der Waals surface area (Å²) >= 11 is 5.78. The van der Waals surface area contributed by atoms with Crippen molar-refractivity contribution < 1.29 is 31.8 Å². The number of hydrogen-bond acceptors (Lipinski definition) is 7. The van der Waals surface area contributed by atoms with Crippen LogP contribution in [0.15, 0.2) is 42.5 Å². The normalized spacial score (nSPS) is 14.8. The van der Waals surface area contributed by atoms with E-state index in [0.717, 1.165) is 23.5 Å². The third-order valence-corrected chi connectivity index (χ3v) is 4.47. The van der Waals surface area contributed by atoms with Gasteiger partial charge in [0.2, 0.25) is 0 Å². The van der Waals surface area contributed by atoms with Crippen LogP contribution >= 0.6 is 11.6 Å². The highest BCUT2D eigenvalue weighted by Gasteiger charge is 2.51. The van der Waals surface area contributed by atoms with Crippen LogP contribution in [0.3, 0.4) is 0 Å². The van der Waals surface area contributed by atoms with Gasteiger partial charge in [0.05, 0.1) is 11.4 Å². The maximum Gasteiger partial charge on any atom is 0.421 e. The second kappa shape index (κ2) is 8.81. The number of benzene rings is 1. The first-order valence-electron chi connectivity index (χ1n) is 8.55. The van der Waals surface area contributed by atoms with Crippen LogP contribution in [0, 0.1) is 0 Å². The molecule has 0 radical (unpaired) electrons. The largest absolute Gasteiger partial charge is 0.457 e. The molecule has 0 aliphatic rings. The lowest BCUT2D eigenvalue weighted by atomic mass is 9.99. The number of anilines is 1. The second-order valence-corrected chi connectivity index (χ2v) is 7.18. The monoisotopic (exact) mass is 467 g/mol. The van der Waals surface area contributed by atoms with Gasteiger partial charge in [-0.3, -0.25) is 5.01 Å². The number of hydrazine groups is 1. The molecule has 170 valence electrons. The van der Waals surface area contributed by atoms with E-state index in [1.165, 1.54) is 18.3 Å². The zero-order valence-electron chi connectivity index (χ0n) is 16.3. The Balaban J connectivity index is 2.07. The van der Waals surface area contributed by atoms with E-state index in [0.29, 0.717) is 13.8 Å². The summed E-state index contributed by atoms with van der Waals surface area (Å²) in [5, 5.41) is 10.4. The van der Waals surface area contributed by atoms with Crippen molar-refractivity contribution in [1.29, 1.82) is 0 Å². The Kier molecular flexibility index (Phi) is 6.98. The van der Waals surface area contributed by atoms with Gasteiger partial charge in [0, 0.05) is 41.7 Å². The maximum atomic E-state index is 13.6. The van der Waals surface area contributed by atoms with Crippen LogP contribution in [0.5, 0.6) is 6.01 Å². The van der Waals surface area contributed by atoms with Gasteiger partial charge in [-0.25, -0.2) is 24.6 Å². The number of hydrogen-bond donors (Lipinski definition) is 3. The lowest BCUT2D eigenvalue weighted by Crippen LogP contribution is -2.39. The fraction of sp³-hybridized carbons (Fsp3) is 0.333. The van der Waals surface area contributed by atoms with Crippen molar-refractivity contribution >= 4 is 17.3 Å². The topological polar surface area (TPSA) is 111 Å². The minimum absolute atomic E-state index is 0.0252. The van der Waals surface area contributed by atoms with E-state index in [1.54, 1.807) is 0 Å². The Hall–Kier alpha value is -2.70. The molecule has 0 amide bonds. The minimum atomic E-state index is -4.92. The van der Waals surface area contributed by atoms with Gasteiger partial charge in [0.15, 0.2) is 5.60 Å². The van der Waals surface area contributed by atoms with Crippen LogP contribution in [0.1, 0.15) is 25.0 Å². The van der Waals surface area contributed by atoms with E-state index >= 15 is 0 Å². The Morgan fingerprint density at radius 3 is 2.29 bits per heavy atom. The molecule has 0 fully saturated rings. The van der Waals surface area contributed by atoms with Crippen LogP contribution in [0.4, 0.5) is 27.6 Å². The first-order valence-corrected chi connectivity index (χ1v) is 8.93. The molecule has 0 aliphatic carbocycles. The molecule has 0 bridgehead atoms. The van der Waals surface area contributed by atoms with Crippen LogP contribution in [0.25, 0.3) is 0 Å². The highest BCUT2D eigenvalue weighted by Crippen LogP contribution is 2.38. The molecule has 13 heteroatoms. The summed E-state index contributed by atoms with van der Waals surface area (Å²) in [5.41, 5.74) is 1.83. The third-order valence-electron chi connectivity index (χ3n) is 4.14. The number of rotatable bonds is 7. The van der Waals surface area contributed by atoms with Crippen LogP contribution in [-0.4, -0.2) is 27.9 Å².